The highest BCUT2D eigenvalue weighted by atomic mass is 35.5. The molecular formula is C28H32Cl2N4O. The van der Waals surface area contributed by atoms with E-state index < -0.39 is 0 Å². The number of carbonyl (C=O) groups excluding carboxylic acids is 1. The Morgan fingerprint density at radius 3 is 2.60 bits per heavy atom. The average Bonchev–Trinajstić information content (AvgIpc) is 2.87. The number of piperidine rings is 2. The van der Waals surface area contributed by atoms with Crippen LogP contribution in [0.4, 0.5) is 0 Å². The summed E-state index contributed by atoms with van der Waals surface area (Å²) in [6.07, 6.45) is 6.50. The largest absolute Gasteiger partial charge is 0.352 e. The first kappa shape index (κ1) is 24.5. The molecule has 7 heteroatoms. The summed E-state index contributed by atoms with van der Waals surface area (Å²) in [6, 6.07) is 16.0. The number of hydrogen-bond acceptors (Lipinski definition) is 4. The number of halogens is 2. The van der Waals surface area contributed by atoms with E-state index in [2.05, 4.69) is 20.1 Å². The Morgan fingerprint density at radius 2 is 1.80 bits per heavy atom. The Hall–Kier alpha value is -2.18. The summed E-state index contributed by atoms with van der Waals surface area (Å²) in [5.74, 6) is 0.503. The van der Waals surface area contributed by atoms with Crippen molar-refractivity contribution in [3.63, 3.8) is 0 Å². The number of likely N-dealkylation sites (tertiary alicyclic amines) is 2. The van der Waals surface area contributed by atoms with Gasteiger partial charge in [-0.25, -0.2) is 0 Å². The molecule has 2 aliphatic heterocycles. The van der Waals surface area contributed by atoms with E-state index in [1.165, 1.54) is 31.2 Å². The van der Waals surface area contributed by atoms with Crippen LogP contribution in [0.5, 0.6) is 0 Å². The number of amides is 1. The summed E-state index contributed by atoms with van der Waals surface area (Å²) in [4.78, 5) is 22.3. The van der Waals surface area contributed by atoms with Crippen LogP contribution in [0.3, 0.4) is 0 Å². The smallest absolute Gasteiger partial charge is 0.251 e. The summed E-state index contributed by atoms with van der Waals surface area (Å²) in [7, 11) is 0. The van der Waals surface area contributed by atoms with Crippen LogP contribution in [-0.4, -0.2) is 59.5 Å². The summed E-state index contributed by atoms with van der Waals surface area (Å²) >= 11 is 12.3. The summed E-state index contributed by atoms with van der Waals surface area (Å²) in [5.41, 5.74) is 2.79. The minimum atomic E-state index is 0.00213. The molecule has 1 unspecified atom stereocenters. The van der Waals surface area contributed by atoms with Crippen molar-refractivity contribution >= 4 is 40.0 Å². The molecule has 3 aromatic rings. The molecule has 1 aromatic heterocycles. The highest BCUT2D eigenvalue weighted by molar-refractivity contribution is 6.34. The van der Waals surface area contributed by atoms with Gasteiger partial charge < -0.3 is 5.32 Å². The van der Waals surface area contributed by atoms with Crippen LogP contribution in [0.2, 0.25) is 10.0 Å². The van der Waals surface area contributed by atoms with Crippen LogP contribution in [0.15, 0.2) is 54.7 Å². The molecule has 1 atom stereocenters. The van der Waals surface area contributed by atoms with Gasteiger partial charge in [0.15, 0.2) is 0 Å². The number of nitrogens with one attached hydrogen (secondary N) is 1. The van der Waals surface area contributed by atoms with Gasteiger partial charge in [-0.15, -0.1) is 0 Å². The normalized spacial score (nSPS) is 20.2. The molecule has 0 bridgehead atoms. The molecule has 3 heterocycles. The van der Waals surface area contributed by atoms with Crippen LogP contribution in [0.1, 0.15) is 41.6 Å². The number of rotatable bonds is 6. The molecule has 0 spiro atoms. The van der Waals surface area contributed by atoms with Gasteiger partial charge in [-0.3, -0.25) is 19.6 Å². The molecule has 0 saturated carbocycles. The SMILES string of the molecule is O=C(NCC1CCCN(C2CCN(Cc3cc(Cl)cc(Cl)c3)CC2)C1)c1ccc2ncccc2c1. The quantitative estimate of drug-likeness (QED) is 0.465. The van der Waals surface area contributed by atoms with Crippen molar-refractivity contribution in [2.24, 2.45) is 5.92 Å². The number of pyridine rings is 1. The number of nitrogens with zero attached hydrogens (tertiary/aromatic N) is 3. The molecule has 5 rings (SSSR count). The third-order valence-electron chi connectivity index (χ3n) is 7.37. The zero-order valence-corrected chi connectivity index (χ0v) is 21.4. The fourth-order valence-corrected chi connectivity index (χ4v) is 6.13. The lowest BCUT2D eigenvalue weighted by molar-refractivity contribution is 0.0675. The van der Waals surface area contributed by atoms with Crippen LogP contribution in [0.25, 0.3) is 10.9 Å². The molecule has 2 fully saturated rings. The van der Waals surface area contributed by atoms with E-state index in [1.807, 2.05) is 42.5 Å². The lowest BCUT2D eigenvalue weighted by Gasteiger charge is -2.42. The standard InChI is InChI=1S/C28H32Cl2N4O/c29-24-13-21(14-25(30)16-24)18-33-11-7-26(8-12-33)34-10-2-3-20(19-34)17-32-28(35)23-5-6-27-22(15-23)4-1-9-31-27/h1,4-6,9,13-16,20,26H,2-3,7-8,10-12,17-19H2,(H,32,35). The molecular weight excluding hydrogens is 479 g/mol. The fraction of sp³-hybridized carbons (Fsp3) is 0.429. The predicted molar refractivity (Wildman–Crippen MR) is 143 cm³/mol. The lowest BCUT2D eigenvalue weighted by Crippen LogP contribution is -2.49. The van der Waals surface area contributed by atoms with Gasteiger partial charge >= 0.3 is 0 Å². The third kappa shape index (κ3) is 6.34. The first-order chi connectivity index (χ1) is 17.0. The molecule has 1 amide bonds. The van der Waals surface area contributed by atoms with E-state index in [9.17, 15) is 4.79 Å². The second-order valence-electron chi connectivity index (χ2n) is 9.91. The monoisotopic (exact) mass is 510 g/mol. The number of fused-ring (bicyclic) bond motifs is 1. The Bertz CT molecular complexity index is 1160. The maximum atomic E-state index is 12.8. The van der Waals surface area contributed by atoms with Crippen molar-refractivity contribution in [1.82, 2.24) is 20.1 Å². The zero-order chi connectivity index (χ0) is 24.2. The molecule has 2 saturated heterocycles. The van der Waals surface area contributed by atoms with Crippen LogP contribution >= 0.6 is 23.2 Å². The van der Waals surface area contributed by atoms with Gasteiger partial charge in [-0.1, -0.05) is 29.3 Å². The minimum absolute atomic E-state index is 0.00213. The molecule has 5 nitrogen and oxygen atoms in total. The molecule has 0 radical (unpaired) electrons. The summed E-state index contributed by atoms with van der Waals surface area (Å²) in [6.45, 7) is 6.03. The highest BCUT2D eigenvalue weighted by Gasteiger charge is 2.29. The van der Waals surface area contributed by atoms with Crippen LogP contribution in [-0.2, 0) is 6.54 Å². The summed E-state index contributed by atoms with van der Waals surface area (Å²) < 4.78 is 0. The van der Waals surface area contributed by atoms with E-state index >= 15 is 0 Å². The van der Waals surface area contributed by atoms with Crippen molar-refractivity contribution < 1.29 is 4.79 Å². The van der Waals surface area contributed by atoms with Crippen LogP contribution < -0.4 is 5.32 Å². The fourth-order valence-electron chi connectivity index (χ4n) is 5.55. The Morgan fingerprint density at radius 1 is 1.00 bits per heavy atom. The molecule has 1 N–H and O–H groups in total. The molecule has 2 aliphatic rings. The topological polar surface area (TPSA) is 48.5 Å². The Balaban J connectivity index is 1.09. The summed E-state index contributed by atoms with van der Waals surface area (Å²) in [5, 5.41) is 5.58. The molecule has 0 aliphatic carbocycles. The van der Waals surface area contributed by atoms with Gasteiger partial charge in [-0.2, -0.15) is 0 Å². The lowest BCUT2D eigenvalue weighted by atomic mass is 9.93. The Kier molecular flexibility index (Phi) is 7.88. The van der Waals surface area contributed by atoms with E-state index in [4.69, 9.17) is 23.2 Å². The highest BCUT2D eigenvalue weighted by Crippen LogP contribution is 2.26. The molecule has 35 heavy (non-hydrogen) atoms. The van der Waals surface area contributed by atoms with Crippen molar-refractivity contribution in [3.05, 3.63) is 75.9 Å². The maximum absolute atomic E-state index is 12.8. The second kappa shape index (κ2) is 11.3. The number of hydrogen-bond donors (Lipinski definition) is 1. The average molecular weight is 511 g/mol. The van der Waals surface area contributed by atoms with E-state index in [1.54, 1.807) is 12.3 Å². The minimum Gasteiger partial charge on any atom is -0.352 e. The van der Waals surface area contributed by atoms with Crippen molar-refractivity contribution in [3.8, 4) is 0 Å². The van der Waals surface area contributed by atoms with Gasteiger partial charge in [0.25, 0.3) is 5.91 Å². The molecule has 2 aromatic carbocycles. The number of aromatic nitrogens is 1. The van der Waals surface area contributed by atoms with E-state index in [0.29, 0.717) is 27.6 Å². The van der Waals surface area contributed by atoms with E-state index in [0.717, 1.165) is 50.2 Å². The Labute approximate surface area is 217 Å². The van der Waals surface area contributed by atoms with Crippen molar-refractivity contribution in [2.45, 2.75) is 38.3 Å². The molecule has 184 valence electrons. The van der Waals surface area contributed by atoms with Gasteiger partial charge in [0.1, 0.15) is 0 Å². The number of carbonyl (C=O) groups is 1. The third-order valence-corrected chi connectivity index (χ3v) is 7.81. The second-order valence-corrected chi connectivity index (χ2v) is 10.8. The maximum Gasteiger partial charge on any atom is 0.251 e. The first-order valence-electron chi connectivity index (χ1n) is 12.6. The predicted octanol–water partition coefficient (Wildman–Crippen LogP) is 5.65. The first-order valence-corrected chi connectivity index (χ1v) is 13.3. The van der Waals surface area contributed by atoms with Gasteiger partial charge in [0, 0.05) is 52.9 Å². The number of benzene rings is 2. The van der Waals surface area contributed by atoms with E-state index in [-0.39, 0.29) is 5.91 Å². The van der Waals surface area contributed by atoms with Crippen molar-refractivity contribution in [2.75, 3.05) is 32.7 Å². The van der Waals surface area contributed by atoms with Gasteiger partial charge in [0.2, 0.25) is 0 Å². The van der Waals surface area contributed by atoms with Crippen LogP contribution in [0, 0.1) is 5.92 Å². The zero-order valence-electron chi connectivity index (χ0n) is 19.9. The van der Waals surface area contributed by atoms with Gasteiger partial charge in [0.05, 0.1) is 5.52 Å². The van der Waals surface area contributed by atoms with Crippen molar-refractivity contribution in [1.29, 1.82) is 0 Å². The van der Waals surface area contributed by atoms with Gasteiger partial charge in [-0.05, 0) is 99.3 Å².